The number of nitrogens with one attached hydrogen (secondary N) is 1. The maximum Gasteiger partial charge on any atom is 0.490 e. The molecule has 0 spiro atoms. The summed E-state index contributed by atoms with van der Waals surface area (Å²) in [5, 5.41) is 10.4. The number of alkyl halides is 6. The van der Waals surface area contributed by atoms with Crippen LogP contribution in [0.2, 0.25) is 0 Å². The minimum Gasteiger partial charge on any atom is -0.475 e. The van der Waals surface area contributed by atoms with Crippen LogP contribution >= 0.6 is 11.3 Å². The van der Waals surface area contributed by atoms with E-state index in [9.17, 15) is 35.9 Å². The van der Waals surface area contributed by atoms with Crippen molar-refractivity contribution in [2.45, 2.75) is 52.5 Å². The van der Waals surface area contributed by atoms with E-state index in [-0.39, 0.29) is 35.6 Å². The first-order valence-corrected chi connectivity index (χ1v) is 14.5. The number of rotatable bonds is 5. The van der Waals surface area contributed by atoms with Gasteiger partial charge in [-0.2, -0.15) is 26.3 Å². The van der Waals surface area contributed by atoms with Crippen LogP contribution in [0.4, 0.5) is 26.3 Å². The van der Waals surface area contributed by atoms with Gasteiger partial charge < -0.3 is 10.4 Å². The number of halogens is 6. The zero-order valence-electron chi connectivity index (χ0n) is 23.8. The number of piperidine rings is 1. The normalized spacial score (nSPS) is 22.7. The fourth-order valence-electron chi connectivity index (χ4n) is 6.11. The highest BCUT2D eigenvalue weighted by Gasteiger charge is 2.72. The highest BCUT2D eigenvalue weighted by molar-refractivity contribution is 7.19. The van der Waals surface area contributed by atoms with Gasteiger partial charge in [-0.15, -0.1) is 11.3 Å². The number of amides is 2. The fourth-order valence-corrected chi connectivity index (χ4v) is 7.24. The van der Waals surface area contributed by atoms with E-state index in [1.54, 1.807) is 19.2 Å². The Hall–Kier alpha value is -3.59. The topological polar surface area (TPSA) is 112 Å². The summed E-state index contributed by atoms with van der Waals surface area (Å²) in [6, 6.07) is 4.73. The molecule has 2 aliphatic heterocycles. The van der Waals surface area contributed by atoms with Gasteiger partial charge in [0.05, 0.1) is 28.6 Å². The molecule has 1 saturated carbocycles. The molecule has 1 aliphatic carbocycles. The van der Waals surface area contributed by atoms with E-state index < -0.39 is 24.0 Å². The Morgan fingerprint density at radius 3 is 2.30 bits per heavy atom. The number of aromatic nitrogens is 2. The number of aliphatic carboxylic acids is 1. The van der Waals surface area contributed by atoms with Crippen LogP contribution in [0, 0.1) is 30.1 Å². The first-order valence-electron chi connectivity index (χ1n) is 13.7. The van der Waals surface area contributed by atoms with Crippen molar-refractivity contribution in [2.24, 2.45) is 23.2 Å². The fraction of sp³-hybridized carbons (Fsp3) is 0.483. The molecule has 2 saturated heterocycles. The van der Waals surface area contributed by atoms with Gasteiger partial charge in [-0.05, 0) is 73.5 Å². The lowest BCUT2D eigenvalue weighted by Crippen LogP contribution is -2.35. The van der Waals surface area contributed by atoms with Crippen LogP contribution in [0.25, 0.3) is 21.3 Å². The summed E-state index contributed by atoms with van der Waals surface area (Å²) in [6.45, 7) is 7.41. The van der Waals surface area contributed by atoms with Gasteiger partial charge in [0.2, 0.25) is 11.8 Å². The Bertz CT molecular complexity index is 1620. The van der Waals surface area contributed by atoms with E-state index in [4.69, 9.17) is 9.90 Å². The van der Waals surface area contributed by atoms with E-state index in [2.05, 4.69) is 15.3 Å². The third-order valence-corrected chi connectivity index (χ3v) is 9.62. The number of nitrogens with zero attached hydrogens (tertiary/aromatic N) is 3. The molecule has 2 N–H and O–H groups in total. The van der Waals surface area contributed by atoms with Crippen LogP contribution in [0.15, 0.2) is 24.4 Å². The van der Waals surface area contributed by atoms with Crippen molar-refractivity contribution < 1.29 is 45.8 Å². The average molecular weight is 643 g/mol. The molecule has 3 unspecified atom stereocenters. The van der Waals surface area contributed by atoms with Crippen LogP contribution in [0.1, 0.15) is 42.1 Å². The third kappa shape index (κ3) is 5.91. The maximum atomic E-state index is 13.8. The lowest BCUT2D eigenvalue weighted by Gasteiger charge is -2.19. The number of carbonyl (C=O) groups excluding carboxylic acids is 2. The molecule has 44 heavy (non-hydrogen) atoms. The molecule has 236 valence electrons. The van der Waals surface area contributed by atoms with Crippen LogP contribution < -0.4 is 5.32 Å². The first kappa shape index (κ1) is 31.8. The molecule has 0 bridgehead atoms. The Balaban J connectivity index is 0.000000493. The molecule has 3 fully saturated rings. The summed E-state index contributed by atoms with van der Waals surface area (Å²) in [4.78, 5) is 45.0. The maximum absolute atomic E-state index is 13.8. The molecule has 8 nitrogen and oxygen atoms in total. The van der Waals surface area contributed by atoms with Gasteiger partial charge in [0.25, 0.3) is 0 Å². The minimum absolute atomic E-state index is 0.141. The standard InChI is InChI=1S/C27H27F3N4O2S.C2HF3O2/c1-13-17(8-14-4-6-31-11-14)18(10-20(33-13)27(28,29)30)16-5-7-32-19-9-15(37-23(16)19)12-34-24(35)21-22(25(34)36)26(21,2)3;3-2(4,5)1(6)7/h5,7,9-10,14,21-22,31H,4,6,8,11-12H2,1-3H3;(H,6,7). The summed E-state index contributed by atoms with van der Waals surface area (Å²) in [5.74, 6) is -3.22. The minimum atomic E-state index is -5.08. The van der Waals surface area contributed by atoms with Crippen LogP contribution in [0.5, 0.6) is 0 Å². The summed E-state index contributed by atoms with van der Waals surface area (Å²) in [5.41, 5.74) is 1.83. The second kappa shape index (κ2) is 11.1. The SMILES string of the molecule is Cc1nc(C(F)(F)F)cc(-c2ccnc3cc(CN4C(=O)C5C(C4=O)C5(C)C)sc23)c1CC1CCNC1.O=C(O)C(F)(F)F. The van der Waals surface area contributed by atoms with Crippen molar-refractivity contribution >= 4 is 39.3 Å². The van der Waals surface area contributed by atoms with E-state index in [0.29, 0.717) is 34.7 Å². The van der Waals surface area contributed by atoms with Crippen LogP contribution in [0.3, 0.4) is 0 Å². The van der Waals surface area contributed by atoms with E-state index in [1.807, 2.05) is 19.9 Å². The van der Waals surface area contributed by atoms with Crippen LogP contribution in [-0.4, -0.2) is 57.0 Å². The van der Waals surface area contributed by atoms with Gasteiger partial charge in [-0.1, -0.05) is 13.8 Å². The van der Waals surface area contributed by atoms with Crippen molar-refractivity contribution in [3.63, 3.8) is 0 Å². The number of carbonyl (C=O) groups is 3. The molecule has 0 aromatic carbocycles. The van der Waals surface area contributed by atoms with Gasteiger partial charge in [0.1, 0.15) is 5.69 Å². The lowest BCUT2D eigenvalue weighted by atomic mass is 9.90. The Morgan fingerprint density at radius 1 is 1.11 bits per heavy atom. The number of hydrogen-bond acceptors (Lipinski definition) is 7. The molecule has 5 heterocycles. The Morgan fingerprint density at radius 2 is 1.75 bits per heavy atom. The van der Waals surface area contributed by atoms with Crippen LogP contribution in [-0.2, 0) is 33.5 Å². The summed E-state index contributed by atoms with van der Waals surface area (Å²) >= 11 is 1.37. The number of fused-ring (bicyclic) bond motifs is 2. The quantitative estimate of drug-likeness (QED) is 0.275. The van der Waals surface area contributed by atoms with Gasteiger partial charge >= 0.3 is 18.3 Å². The van der Waals surface area contributed by atoms with E-state index in [0.717, 1.165) is 40.7 Å². The molecule has 3 atom stereocenters. The van der Waals surface area contributed by atoms with Crippen molar-refractivity contribution in [3.8, 4) is 11.1 Å². The second-order valence-electron chi connectivity index (χ2n) is 11.8. The average Bonchev–Trinajstić information content (AvgIpc) is 3.36. The predicted octanol–water partition coefficient (Wildman–Crippen LogP) is 5.61. The largest absolute Gasteiger partial charge is 0.490 e. The summed E-state index contributed by atoms with van der Waals surface area (Å²) < 4.78 is 73.7. The highest BCUT2D eigenvalue weighted by Crippen LogP contribution is 2.63. The zero-order chi connectivity index (χ0) is 32.4. The molecular formula is C29H28F6N4O4S. The number of carboxylic acid groups (broad SMARTS) is 1. The number of aryl methyl sites for hydroxylation is 1. The van der Waals surface area contributed by atoms with Gasteiger partial charge in [0, 0.05) is 22.3 Å². The van der Waals surface area contributed by atoms with E-state index in [1.165, 1.54) is 16.2 Å². The first-order chi connectivity index (χ1) is 20.4. The van der Waals surface area contributed by atoms with Gasteiger partial charge in [0.15, 0.2) is 0 Å². The van der Waals surface area contributed by atoms with Crippen molar-refractivity contribution in [1.29, 1.82) is 0 Å². The van der Waals surface area contributed by atoms with Crippen molar-refractivity contribution in [1.82, 2.24) is 20.2 Å². The molecule has 3 aromatic heterocycles. The predicted molar refractivity (Wildman–Crippen MR) is 147 cm³/mol. The Kier molecular flexibility index (Phi) is 8.02. The lowest BCUT2D eigenvalue weighted by molar-refractivity contribution is -0.192. The number of thiophene rings is 1. The van der Waals surface area contributed by atoms with Crippen molar-refractivity contribution in [3.05, 3.63) is 46.2 Å². The zero-order valence-corrected chi connectivity index (χ0v) is 24.6. The molecular weight excluding hydrogens is 614 g/mol. The summed E-state index contributed by atoms with van der Waals surface area (Å²) in [7, 11) is 0. The van der Waals surface area contributed by atoms with Gasteiger partial charge in [-0.3, -0.25) is 19.5 Å². The Labute approximate surface area is 251 Å². The monoisotopic (exact) mass is 642 g/mol. The smallest absolute Gasteiger partial charge is 0.475 e. The molecule has 2 amide bonds. The number of hydrogen-bond donors (Lipinski definition) is 2. The molecule has 6 rings (SSSR count). The summed E-state index contributed by atoms with van der Waals surface area (Å²) in [6.07, 6.45) is -6.45. The van der Waals surface area contributed by atoms with Gasteiger partial charge in [-0.25, -0.2) is 9.78 Å². The molecule has 0 radical (unpaired) electrons. The van der Waals surface area contributed by atoms with E-state index >= 15 is 0 Å². The molecule has 3 aromatic rings. The van der Waals surface area contributed by atoms with Crippen molar-refractivity contribution in [2.75, 3.05) is 13.1 Å². The number of likely N-dealkylation sites (tertiary alicyclic amines) is 1. The number of pyridine rings is 2. The third-order valence-electron chi connectivity index (χ3n) is 8.48. The molecule has 3 aliphatic rings. The second-order valence-corrected chi connectivity index (χ2v) is 12.9. The highest BCUT2D eigenvalue weighted by atomic mass is 32.1. The number of imide groups is 1. The molecule has 15 heteroatoms. The number of carboxylic acids is 1.